The van der Waals surface area contributed by atoms with E-state index in [0.29, 0.717) is 6.10 Å². The van der Waals surface area contributed by atoms with E-state index in [9.17, 15) is 0 Å². The number of fused-ring (bicyclic) bond motifs is 1. The summed E-state index contributed by atoms with van der Waals surface area (Å²) < 4.78 is 5.39. The molecule has 0 bridgehead atoms. The van der Waals surface area contributed by atoms with Gasteiger partial charge in [0.15, 0.2) is 0 Å². The molecular weight excluding hydrogens is 148 g/mol. The molecule has 1 nitrogen and oxygen atoms in total. The number of hydrogen-bond donors (Lipinski definition) is 0. The molecule has 12 heavy (non-hydrogen) atoms. The van der Waals surface area contributed by atoms with Gasteiger partial charge in [-0.05, 0) is 30.9 Å². The van der Waals surface area contributed by atoms with E-state index < -0.39 is 0 Å². The second kappa shape index (κ2) is 2.91. The minimum absolute atomic E-state index is 0.347. The highest BCUT2D eigenvalue weighted by atomic mass is 16.5. The lowest BCUT2D eigenvalue weighted by molar-refractivity contribution is 0.105. The number of ether oxygens (including phenoxy) is 1. The molecule has 1 atom stereocenters. The minimum atomic E-state index is 0.347. The number of methoxy groups -OCH3 is 1. The minimum Gasteiger partial charge on any atom is -0.377 e. The molecule has 1 aliphatic rings. The quantitative estimate of drug-likeness (QED) is 0.616. The zero-order valence-corrected chi connectivity index (χ0v) is 7.63. The van der Waals surface area contributed by atoms with Crippen LogP contribution >= 0.6 is 0 Å². The van der Waals surface area contributed by atoms with Crippen LogP contribution in [0.5, 0.6) is 0 Å². The fourth-order valence-electron chi connectivity index (χ4n) is 1.93. The molecule has 0 saturated carbocycles. The predicted molar refractivity (Wildman–Crippen MR) is 49.3 cm³/mol. The molecule has 0 amide bonds. The van der Waals surface area contributed by atoms with Crippen molar-refractivity contribution in [2.45, 2.75) is 25.9 Å². The molecule has 0 spiro atoms. The van der Waals surface area contributed by atoms with Crippen LogP contribution in [0.15, 0.2) is 18.2 Å². The molecule has 0 N–H and O–H groups in total. The van der Waals surface area contributed by atoms with Crippen molar-refractivity contribution in [3.63, 3.8) is 0 Å². The van der Waals surface area contributed by atoms with E-state index in [1.165, 1.54) is 23.1 Å². The van der Waals surface area contributed by atoms with Crippen LogP contribution in [-0.2, 0) is 11.2 Å². The molecule has 0 aliphatic heterocycles. The van der Waals surface area contributed by atoms with E-state index in [-0.39, 0.29) is 0 Å². The van der Waals surface area contributed by atoms with Gasteiger partial charge in [0, 0.05) is 7.11 Å². The van der Waals surface area contributed by atoms with Crippen LogP contribution in [0.2, 0.25) is 0 Å². The van der Waals surface area contributed by atoms with Crippen LogP contribution in [0.1, 0.15) is 29.2 Å². The third-order valence-corrected chi connectivity index (χ3v) is 2.61. The third-order valence-electron chi connectivity index (χ3n) is 2.61. The molecule has 0 radical (unpaired) electrons. The van der Waals surface area contributed by atoms with Gasteiger partial charge < -0.3 is 4.74 Å². The van der Waals surface area contributed by atoms with Crippen molar-refractivity contribution < 1.29 is 4.74 Å². The summed E-state index contributed by atoms with van der Waals surface area (Å²) in [4.78, 5) is 0. The van der Waals surface area contributed by atoms with E-state index in [4.69, 9.17) is 4.74 Å². The Hall–Kier alpha value is -0.820. The first-order chi connectivity index (χ1) is 5.81. The molecule has 2 rings (SSSR count). The molecule has 0 fully saturated rings. The Kier molecular flexibility index (Phi) is 1.89. The van der Waals surface area contributed by atoms with Crippen LogP contribution in [0.25, 0.3) is 0 Å². The monoisotopic (exact) mass is 162 g/mol. The Bertz CT molecular complexity index is 291. The molecule has 0 heterocycles. The Morgan fingerprint density at radius 3 is 3.00 bits per heavy atom. The average Bonchev–Trinajstić information content (AvgIpc) is 2.46. The van der Waals surface area contributed by atoms with Gasteiger partial charge in [0.05, 0.1) is 6.10 Å². The second-order valence-electron chi connectivity index (χ2n) is 3.47. The number of rotatable bonds is 1. The summed E-state index contributed by atoms with van der Waals surface area (Å²) in [5, 5.41) is 0. The van der Waals surface area contributed by atoms with E-state index >= 15 is 0 Å². The van der Waals surface area contributed by atoms with Crippen molar-refractivity contribution in [3.05, 3.63) is 34.9 Å². The van der Waals surface area contributed by atoms with Gasteiger partial charge in [-0.3, -0.25) is 0 Å². The highest BCUT2D eigenvalue weighted by Gasteiger charge is 2.21. The first-order valence-corrected chi connectivity index (χ1v) is 4.43. The number of aryl methyl sites for hydroxylation is 2. The summed E-state index contributed by atoms with van der Waals surface area (Å²) in [7, 11) is 1.79. The lowest BCUT2D eigenvalue weighted by Crippen LogP contribution is -1.95. The summed E-state index contributed by atoms with van der Waals surface area (Å²) in [6, 6.07) is 6.65. The zero-order chi connectivity index (χ0) is 8.55. The summed E-state index contributed by atoms with van der Waals surface area (Å²) in [5.41, 5.74) is 4.20. The van der Waals surface area contributed by atoms with Gasteiger partial charge in [-0.2, -0.15) is 0 Å². The molecule has 1 unspecified atom stereocenters. The Balaban J connectivity index is 2.42. The van der Waals surface area contributed by atoms with Crippen molar-refractivity contribution in [2.24, 2.45) is 0 Å². The maximum Gasteiger partial charge on any atom is 0.0827 e. The fourth-order valence-corrected chi connectivity index (χ4v) is 1.93. The predicted octanol–water partition coefficient (Wildman–Crippen LogP) is 2.63. The molecule has 1 aromatic rings. The van der Waals surface area contributed by atoms with Gasteiger partial charge in [0.2, 0.25) is 0 Å². The van der Waals surface area contributed by atoms with Gasteiger partial charge >= 0.3 is 0 Å². The summed E-state index contributed by atoms with van der Waals surface area (Å²) in [6.07, 6.45) is 2.67. The van der Waals surface area contributed by atoms with E-state index in [0.717, 1.165) is 6.42 Å². The maximum absolute atomic E-state index is 5.39. The Morgan fingerprint density at radius 2 is 2.25 bits per heavy atom. The van der Waals surface area contributed by atoms with Gasteiger partial charge in [-0.15, -0.1) is 0 Å². The first-order valence-electron chi connectivity index (χ1n) is 4.43. The lowest BCUT2D eigenvalue weighted by Gasteiger charge is -2.09. The molecule has 1 aromatic carbocycles. The standard InChI is InChI=1S/C11H14O/c1-8-3-4-9-5-6-11(12-2)10(9)7-8/h3-4,7,11H,5-6H2,1-2H3. The van der Waals surface area contributed by atoms with Gasteiger partial charge in [-0.1, -0.05) is 23.8 Å². The second-order valence-corrected chi connectivity index (χ2v) is 3.47. The first kappa shape index (κ1) is 7.81. The summed E-state index contributed by atoms with van der Waals surface area (Å²) >= 11 is 0. The SMILES string of the molecule is COC1CCc2ccc(C)cc21. The zero-order valence-electron chi connectivity index (χ0n) is 7.63. The van der Waals surface area contributed by atoms with Crippen molar-refractivity contribution in [3.8, 4) is 0 Å². The van der Waals surface area contributed by atoms with Crippen LogP contribution in [0, 0.1) is 6.92 Å². The molecular formula is C11H14O. The van der Waals surface area contributed by atoms with Crippen molar-refractivity contribution in [1.82, 2.24) is 0 Å². The largest absolute Gasteiger partial charge is 0.377 e. The van der Waals surface area contributed by atoms with Crippen LogP contribution < -0.4 is 0 Å². The van der Waals surface area contributed by atoms with Crippen molar-refractivity contribution >= 4 is 0 Å². The molecule has 1 aliphatic carbocycles. The van der Waals surface area contributed by atoms with E-state index in [1.807, 2.05) is 0 Å². The fraction of sp³-hybridized carbons (Fsp3) is 0.455. The average molecular weight is 162 g/mol. The maximum atomic E-state index is 5.39. The van der Waals surface area contributed by atoms with E-state index in [2.05, 4.69) is 25.1 Å². The smallest absolute Gasteiger partial charge is 0.0827 e. The number of benzene rings is 1. The van der Waals surface area contributed by atoms with Crippen LogP contribution in [0.4, 0.5) is 0 Å². The number of hydrogen-bond acceptors (Lipinski definition) is 1. The van der Waals surface area contributed by atoms with Crippen LogP contribution in [-0.4, -0.2) is 7.11 Å². The van der Waals surface area contributed by atoms with Gasteiger partial charge in [0.25, 0.3) is 0 Å². The van der Waals surface area contributed by atoms with Crippen molar-refractivity contribution in [2.75, 3.05) is 7.11 Å². The topological polar surface area (TPSA) is 9.23 Å². The highest BCUT2D eigenvalue weighted by molar-refractivity contribution is 5.36. The molecule has 0 aromatic heterocycles. The Labute approximate surface area is 73.4 Å². The Morgan fingerprint density at radius 1 is 1.42 bits per heavy atom. The van der Waals surface area contributed by atoms with Gasteiger partial charge in [0.1, 0.15) is 0 Å². The van der Waals surface area contributed by atoms with Crippen molar-refractivity contribution in [1.29, 1.82) is 0 Å². The molecule has 1 heteroatoms. The van der Waals surface area contributed by atoms with Gasteiger partial charge in [-0.25, -0.2) is 0 Å². The highest BCUT2D eigenvalue weighted by Crippen LogP contribution is 2.33. The van der Waals surface area contributed by atoms with E-state index in [1.54, 1.807) is 7.11 Å². The summed E-state index contributed by atoms with van der Waals surface area (Å²) in [6.45, 7) is 2.13. The third kappa shape index (κ3) is 1.14. The normalized spacial score (nSPS) is 21.0. The lowest BCUT2D eigenvalue weighted by atomic mass is 10.1. The molecule has 0 saturated heterocycles. The molecule has 64 valence electrons. The van der Waals surface area contributed by atoms with Crippen LogP contribution in [0.3, 0.4) is 0 Å². The summed E-state index contributed by atoms with van der Waals surface area (Å²) in [5.74, 6) is 0.